The molecule has 3 heterocycles. The van der Waals surface area contributed by atoms with Gasteiger partial charge in [-0.1, -0.05) is 23.7 Å². The topological polar surface area (TPSA) is 96.6 Å². The molecular weight excluding hydrogens is 487 g/mol. The van der Waals surface area contributed by atoms with Crippen LogP contribution in [0.3, 0.4) is 0 Å². The van der Waals surface area contributed by atoms with Gasteiger partial charge in [-0.2, -0.15) is 0 Å². The number of nitrogens with one attached hydrogen (secondary N) is 2. The molecular formula is C26H30ClFN4O4. The standard InChI is InChI=1S/C26H30ClFN4O4/c1-35-11-2-12-36-20-7-9-32(10-8-20)26(34)22(13-17-3-5-19(28)6-4-17)31-25(33)21-14-18-15-24(27)29-16-23(18)30-21/h3-6,14-16,20,22,30H,2,7-13H2,1H3,(H,31,33)/t22-/m0/s1. The van der Waals surface area contributed by atoms with E-state index < -0.39 is 11.9 Å². The number of aromatic nitrogens is 2. The zero-order chi connectivity index (χ0) is 25.5. The molecule has 1 aliphatic heterocycles. The Hall–Kier alpha value is -3.01. The number of likely N-dealkylation sites (tertiary alicyclic amines) is 1. The molecule has 10 heteroatoms. The van der Waals surface area contributed by atoms with E-state index in [1.165, 1.54) is 12.1 Å². The van der Waals surface area contributed by atoms with E-state index in [-0.39, 0.29) is 24.2 Å². The maximum atomic E-state index is 13.5. The largest absolute Gasteiger partial charge is 0.385 e. The van der Waals surface area contributed by atoms with Gasteiger partial charge in [-0.15, -0.1) is 0 Å². The minimum atomic E-state index is -0.810. The maximum absolute atomic E-state index is 13.5. The van der Waals surface area contributed by atoms with Gasteiger partial charge in [0.2, 0.25) is 5.91 Å². The number of benzene rings is 1. The third-order valence-electron chi connectivity index (χ3n) is 6.27. The van der Waals surface area contributed by atoms with E-state index in [4.69, 9.17) is 21.1 Å². The number of ether oxygens (including phenoxy) is 2. The Morgan fingerprint density at radius 2 is 1.97 bits per heavy atom. The number of rotatable bonds is 10. The Morgan fingerprint density at radius 3 is 2.69 bits per heavy atom. The lowest BCUT2D eigenvalue weighted by Gasteiger charge is -2.34. The van der Waals surface area contributed by atoms with Crippen molar-refractivity contribution in [3.63, 3.8) is 0 Å². The van der Waals surface area contributed by atoms with Gasteiger partial charge in [-0.25, -0.2) is 9.37 Å². The van der Waals surface area contributed by atoms with Crippen molar-refractivity contribution in [2.45, 2.75) is 37.8 Å². The minimum absolute atomic E-state index is 0.0998. The van der Waals surface area contributed by atoms with E-state index >= 15 is 0 Å². The molecule has 0 unspecified atom stereocenters. The fourth-order valence-electron chi connectivity index (χ4n) is 4.34. The predicted molar refractivity (Wildman–Crippen MR) is 135 cm³/mol. The average Bonchev–Trinajstić information content (AvgIpc) is 3.31. The number of H-pyrrole nitrogens is 1. The molecule has 192 valence electrons. The third kappa shape index (κ3) is 6.81. The van der Waals surface area contributed by atoms with E-state index in [1.54, 1.807) is 42.5 Å². The Balaban J connectivity index is 1.44. The number of nitrogens with zero attached hydrogens (tertiary/aromatic N) is 2. The summed E-state index contributed by atoms with van der Waals surface area (Å²) in [5, 5.41) is 3.94. The second-order valence-corrected chi connectivity index (χ2v) is 9.26. The fourth-order valence-corrected chi connectivity index (χ4v) is 4.50. The summed E-state index contributed by atoms with van der Waals surface area (Å²) in [7, 11) is 1.66. The summed E-state index contributed by atoms with van der Waals surface area (Å²) in [6.07, 6.45) is 4.18. The highest BCUT2D eigenvalue weighted by molar-refractivity contribution is 6.30. The van der Waals surface area contributed by atoms with Gasteiger partial charge < -0.3 is 24.7 Å². The molecule has 0 saturated carbocycles. The van der Waals surface area contributed by atoms with Gasteiger partial charge in [0, 0.05) is 45.2 Å². The molecule has 4 rings (SSSR count). The van der Waals surface area contributed by atoms with E-state index in [0.29, 0.717) is 42.7 Å². The van der Waals surface area contributed by atoms with Crippen LogP contribution in [0.1, 0.15) is 35.3 Å². The highest BCUT2D eigenvalue weighted by Crippen LogP contribution is 2.19. The van der Waals surface area contributed by atoms with Gasteiger partial charge in [0.25, 0.3) is 5.91 Å². The lowest BCUT2D eigenvalue weighted by atomic mass is 10.0. The van der Waals surface area contributed by atoms with Crippen LogP contribution in [0.15, 0.2) is 42.6 Å². The molecule has 36 heavy (non-hydrogen) atoms. The molecule has 0 bridgehead atoms. The normalized spacial score (nSPS) is 15.2. The molecule has 2 aromatic heterocycles. The van der Waals surface area contributed by atoms with Crippen LogP contribution in [0.4, 0.5) is 4.39 Å². The molecule has 0 aliphatic carbocycles. The van der Waals surface area contributed by atoms with Crippen LogP contribution in [0.25, 0.3) is 10.9 Å². The van der Waals surface area contributed by atoms with Gasteiger partial charge in [0.15, 0.2) is 0 Å². The Bertz CT molecular complexity index is 1180. The summed E-state index contributed by atoms with van der Waals surface area (Å²) < 4.78 is 24.4. The van der Waals surface area contributed by atoms with Crippen molar-refractivity contribution in [1.29, 1.82) is 0 Å². The van der Waals surface area contributed by atoms with Crippen molar-refractivity contribution in [3.05, 3.63) is 64.8 Å². The highest BCUT2D eigenvalue weighted by atomic mass is 35.5. The molecule has 0 spiro atoms. The smallest absolute Gasteiger partial charge is 0.268 e. The monoisotopic (exact) mass is 516 g/mol. The quantitative estimate of drug-likeness (QED) is 0.316. The fraction of sp³-hybridized carbons (Fsp3) is 0.423. The maximum Gasteiger partial charge on any atom is 0.268 e. The van der Waals surface area contributed by atoms with E-state index in [1.807, 2.05) is 0 Å². The summed E-state index contributed by atoms with van der Waals surface area (Å²) in [5.41, 5.74) is 1.71. The Kier molecular flexibility index (Phi) is 8.90. The molecule has 1 fully saturated rings. The number of piperidine rings is 1. The van der Waals surface area contributed by atoms with Crippen molar-refractivity contribution in [2.75, 3.05) is 33.4 Å². The molecule has 3 aromatic rings. The summed E-state index contributed by atoms with van der Waals surface area (Å²) >= 11 is 5.96. The van der Waals surface area contributed by atoms with E-state index in [0.717, 1.165) is 30.2 Å². The number of hydrogen-bond acceptors (Lipinski definition) is 5. The number of carbonyl (C=O) groups is 2. The number of fused-ring (bicyclic) bond motifs is 1. The van der Waals surface area contributed by atoms with E-state index in [2.05, 4.69) is 15.3 Å². The van der Waals surface area contributed by atoms with Crippen molar-refractivity contribution < 1.29 is 23.5 Å². The first-order valence-electron chi connectivity index (χ1n) is 12.0. The molecule has 8 nitrogen and oxygen atoms in total. The highest BCUT2D eigenvalue weighted by Gasteiger charge is 2.30. The van der Waals surface area contributed by atoms with Crippen LogP contribution in [0.2, 0.25) is 5.15 Å². The van der Waals surface area contributed by atoms with Crippen LogP contribution < -0.4 is 5.32 Å². The summed E-state index contributed by atoms with van der Waals surface area (Å²) in [6.45, 7) is 2.36. The van der Waals surface area contributed by atoms with Crippen LogP contribution >= 0.6 is 11.6 Å². The number of amides is 2. The third-order valence-corrected chi connectivity index (χ3v) is 6.48. The number of halogens is 2. The van der Waals surface area contributed by atoms with Crippen molar-refractivity contribution in [3.8, 4) is 0 Å². The molecule has 2 amide bonds. The second-order valence-electron chi connectivity index (χ2n) is 8.88. The van der Waals surface area contributed by atoms with Gasteiger partial charge >= 0.3 is 0 Å². The van der Waals surface area contributed by atoms with Gasteiger partial charge in [-0.05, 0) is 49.1 Å². The molecule has 0 radical (unpaired) electrons. The molecule has 1 saturated heterocycles. The first kappa shape index (κ1) is 26.1. The number of methoxy groups -OCH3 is 1. The number of pyridine rings is 1. The molecule has 1 atom stereocenters. The summed E-state index contributed by atoms with van der Waals surface area (Å²) in [5.74, 6) is -0.950. The predicted octanol–water partition coefficient (Wildman–Crippen LogP) is 3.74. The van der Waals surface area contributed by atoms with Gasteiger partial charge in [-0.3, -0.25) is 9.59 Å². The summed E-state index contributed by atoms with van der Waals surface area (Å²) in [6, 6.07) is 8.46. The molecule has 2 N–H and O–H groups in total. The van der Waals surface area contributed by atoms with Crippen molar-refractivity contribution in [2.24, 2.45) is 0 Å². The Labute approximate surface area is 214 Å². The number of aromatic amines is 1. The lowest BCUT2D eigenvalue weighted by Crippen LogP contribution is -2.52. The van der Waals surface area contributed by atoms with Crippen molar-refractivity contribution >= 4 is 34.3 Å². The van der Waals surface area contributed by atoms with Crippen LogP contribution in [0.5, 0.6) is 0 Å². The van der Waals surface area contributed by atoms with Crippen molar-refractivity contribution in [1.82, 2.24) is 20.2 Å². The molecule has 1 aliphatic rings. The van der Waals surface area contributed by atoms with Gasteiger partial charge in [0.05, 0.1) is 17.8 Å². The SMILES string of the molecule is COCCCOC1CCN(C(=O)[C@H](Cc2ccc(F)cc2)NC(=O)c2cc3cc(Cl)ncc3[nH]2)CC1. The number of carbonyl (C=O) groups excluding carboxylic acids is 2. The number of hydrogen-bond donors (Lipinski definition) is 2. The lowest BCUT2D eigenvalue weighted by molar-refractivity contribution is -0.136. The van der Waals surface area contributed by atoms with Gasteiger partial charge in [0.1, 0.15) is 22.7 Å². The zero-order valence-electron chi connectivity index (χ0n) is 20.1. The minimum Gasteiger partial charge on any atom is -0.385 e. The molecule has 1 aromatic carbocycles. The summed E-state index contributed by atoms with van der Waals surface area (Å²) in [4.78, 5) is 35.4. The first-order chi connectivity index (χ1) is 17.4. The van der Waals surface area contributed by atoms with Crippen LogP contribution in [-0.2, 0) is 20.7 Å². The Morgan fingerprint density at radius 1 is 1.22 bits per heavy atom. The zero-order valence-corrected chi connectivity index (χ0v) is 20.9. The second kappa shape index (κ2) is 12.3. The first-order valence-corrected chi connectivity index (χ1v) is 12.4. The van der Waals surface area contributed by atoms with Crippen LogP contribution in [-0.4, -0.2) is 72.2 Å². The van der Waals surface area contributed by atoms with E-state index in [9.17, 15) is 14.0 Å². The van der Waals surface area contributed by atoms with Crippen LogP contribution in [0, 0.1) is 5.82 Å². The average molecular weight is 517 g/mol.